The van der Waals surface area contributed by atoms with Crippen LogP contribution in [0.5, 0.6) is 0 Å². The van der Waals surface area contributed by atoms with Crippen molar-refractivity contribution in [2.24, 2.45) is 0 Å². The van der Waals surface area contributed by atoms with Gasteiger partial charge in [0.1, 0.15) is 10.7 Å². The molecule has 1 aliphatic heterocycles. The summed E-state index contributed by atoms with van der Waals surface area (Å²) in [5.41, 5.74) is 0.381. The molecule has 7 heteroatoms. The maximum Gasteiger partial charge on any atom is 0.276 e. The number of carbonyl (C=O) groups excluding carboxylic acids is 1. The van der Waals surface area contributed by atoms with Crippen LogP contribution >= 0.6 is 11.3 Å². The molecule has 0 unspecified atom stereocenters. The first-order valence-corrected chi connectivity index (χ1v) is 7.41. The van der Waals surface area contributed by atoms with E-state index in [1.807, 2.05) is 0 Å². The highest BCUT2D eigenvalue weighted by Crippen LogP contribution is 2.29. The largest absolute Gasteiger partial charge is 0.317 e. The van der Waals surface area contributed by atoms with Gasteiger partial charge in [0.15, 0.2) is 0 Å². The molecule has 2 N–H and O–H groups in total. The second-order valence-electron chi connectivity index (χ2n) is 4.64. The van der Waals surface area contributed by atoms with E-state index in [0.717, 1.165) is 30.9 Å². The smallest absolute Gasteiger partial charge is 0.276 e. The molecule has 0 radical (unpaired) electrons. The lowest BCUT2D eigenvalue weighted by atomic mass is 9.99. The number of pyridine rings is 1. The topological polar surface area (TPSA) is 79.8 Å². The molecule has 0 bridgehead atoms. The summed E-state index contributed by atoms with van der Waals surface area (Å²) in [4.78, 5) is 16.0. The maximum atomic E-state index is 12.0. The van der Waals surface area contributed by atoms with Gasteiger partial charge in [0, 0.05) is 12.1 Å². The number of nitrogens with one attached hydrogen (secondary N) is 2. The van der Waals surface area contributed by atoms with Gasteiger partial charge in [-0.1, -0.05) is 17.4 Å². The molecule has 6 nitrogen and oxygen atoms in total. The van der Waals surface area contributed by atoms with E-state index in [1.54, 1.807) is 24.4 Å². The van der Waals surface area contributed by atoms with Crippen molar-refractivity contribution in [2.75, 3.05) is 18.4 Å². The highest BCUT2D eigenvalue weighted by molar-refractivity contribution is 7.15. The average Bonchev–Trinajstić information content (AvgIpc) is 2.97. The van der Waals surface area contributed by atoms with Crippen LogP contribution in [0.1, 0.15) is 34.3 Å². The Morgan fingerprint density at radius 3 is 2.90 bits per heavy atom. The summed E-state index contributed by atoms with van der Waals surface area (Å²) >= 11 is 1.45. The number of carbonyl (C=O) groups is 1. The van der Waals surface area contributed by atoms with Crippen LogP contribution in [0.3, 0.4) is 0 Å². The molecule has 2 aromatic heterocycles. The Balaban J connectivity index is 1.66. The number of hydrogen-bond donors (Lipinski definition) is 2. The van der Waals surface area contributed by atoms with Gasteiger partial charge in [0.2, 0.25) is 5.13 Å². The molecular weight excluding hydrogens is 274 g/mol. The van der Waals surface area contributed by atoms with Crippen LogP contribution in [0, 0.1) is 0 Å². The van der Waals surface area contributed by atoms with Gasteiger partial charge in [-0.05, 0) is 38.1 Å². The summed E-state index contributed by atoms with van der Waals surface area (Å²) in [6, 6.07) is 5.23. The predicted molar refractivity (Wildman–Crippen MR) is 76.9 cm³/mol. The molecule has 104 valence electrons. The minimum absolute atomic E-state index is 0.251. The molecule has 0 spiro atoms. The highest BCUT2D eigenvalue weighted by Gasteiger charge is 2.20. The molecule has 1 saturated heterocycles. The molecule has 0 atom stereocenters. The van der Waals surface area contributed by atoms with Gasteiger partial charge in [0.05, 0.1) is 0 Å². The van der Waals surface area contributed by atoms with Gasteiger partial charge in [-0.3, -0.25) is 15.1 Å². The van der Waals surface area contributed by atoms with E-state index >= 15 is 0 Å². The van der Waals surface area contributed by atoms with Crippen LogP contribution in [0.15, 0.2) is 24.4 Å². The van der Waals surface area contributed by atoms with Gasteiger partial charge in [-0.15, -0.1) is 10.2 Å². The number of nitrogens with zero attached hydrogens (tertiary/aromatic N) is 3. The first-order chi connectivity index (χ1) is 9.83. The van der Waals surface area contributed by atoms with Crippen LogP contribution in [0.25, 0.3) is 0 Å². The van der Waals surface area contributed by atoms with Crippen molar-refractivity contribution >= 4 is 22.4 Å². The second-order valence-corrected chi connectivity index (χ2v) is 5.65. The Hall–Kier alpha value is -1.86. The number of aromatic nitrogens is 3. The fourth-order valence-corrected chi connectivity index (χ4v) is 3.08. The molecule has 2 aromatic rings. The van der Waals surface area contributed by atoms with E-state index in [2.05, 4.69) is 25.8 Å². The molecule has 0 aromatic carbocycles. The minimum atomic E-state index is -0.251. The SMILES string of the molecule is O=C(Nc1nnc(C2CCNCC2)s1)c1ccccn1. The number of piperidine rings is 1. The van der Waals surface area contributed by atoms with E-state index in [9.17, 15) is 4.79 Å². The Labute approximate surface area is 120 Å². The Morgan fingerprint density at radius 1 is 1.30 bits per heavy atom. The number of rotatable bonds is 3. The van der Waals surface area contributed by atoms with Gasteiger partial charge in [-0.2, -0.15) is 0 Å². The molecule has 3 heterocycles. The van der Waals surface area contributed by atoms with Gasteiger partial charge < -0.3 is 5.32 Å². The zero-order chi connectivity index (χ0) is 13.8. The third kappa shape index (κ3) is 3.00. The molecule has 0 saturated carbocycles. The number of hydrogen-bond acceptors (Lipinski definition) is 6. The molecule has 3 rings (SSSR count). The lowest BCUT2D eigenvalue weighted by molar-refractivity contribution is 0.102. The van der Waals surface area contributed by atoms with Crippen LogP contribution in [0.4, 0.5) is 5.13 Å². The zero-order valence-corrected chi connectivity index (χ0v) is 11.7. The average molecular weight is 289 g/mol. The first-order valence-electron chi connectivity index (χ1n) is 6.59. The summed E-state index contributed by atoms with van der Waals surface area (Å²) in [5, 5.41) is 15.8. The van der Waals surface area contributed by atoms with E-state index in [1.165, 1.54) is 11.3 Å². The zero-order valence-electron chi connectivity index (χ0n) is 10.9. The molecule has 20 heavy (non-hydrogen) atoms. The van der Waals surface area contributed by atoms with E-state index < -0.39 is 0 Å². The summed E-state index contributed by atoms with van der Waals surface area (Å²) in [5.74, 6) is 0.202. The minimum Gasteiger partial charge on any atom is -0.317 e. The van der Waals surface area contributed by atoms with E-state index in [0.29, 0.717) is 16.7 Å². The van der Waals surface area contributed by atoms with Crippen molar-refractivity contribution in [1.82, 2.24) is 20.5 Å². The van der Waals surface area contributed by atoms with Crippen LogP contribution in [0.2, 0.25) is 0 Å². The number of amides is 1. The second kappa shape index (κ2) is 6.06. The van der Waals surface area contributed by atoms with Gasteiger partial charge in [0.25, 0.3) is 5.91 Å². The third-order valence-electron chi connectivity index (χ3n) is 3.25. The van der Waals surface area contributed by atoms with Gasteiger partial charge in [-0.25, -0.2) is 0 Å². The summed E-state index contributed by atoms with van der Waals surface area (Å²) in [6.07, 6.45) is 3.74. The van der Waals surface area contributed by atoms with E-state index in [4.69, 9.17) is 0 Å². The van der Waals surface area contributed by atoms with E-state index in [-0.39, 0.29) is 5.91 Å². The fourth-order valence-electron chi connectivity index (χ4n) is 2.18. The van der Waals surface area contributed by atoms with Crippen LogP contribution in [-0.2, 0) is 0 Å². The van der Waals surface area contributed by atoms with Crippen molar-refractivity contribution in [3.8, 4) is 0 Å². The number of anilines is 1. The highest BCUT2D eigenvalue weighted by atomic mass is 32.1. The monoisotopic (exact) mass is 289 g/mol. The lowest BCUT2D eigenvalue weighted by Crippen LogP contribution is -2.26. The normalized spacial score (nSPS) is 16.0. The quantitative estimate of drug-likeness (QED) is 0.898. The molecule has 0 aliphatic carbocycles. The maximum absolute atomic E-state index is 12.0. The van der Waals surface area contributed by atoms with Crippen molar-refractivity contribution in [3.05, 3.63) is 35.1 Å². The Kier molecular flexibility index (Phi) is 3.98. The summed E-state index contributed by atoms with van der Waals surface area (Å²) < 4.78 is 0. The molecule has 1 aliphatic rings. The van der Waals surface area contributed by atoms with Crippen LogP contribution < -0.4 is 10.6 Å². The molecule has 1 fully saturated rings. The van der Waals surface area contributed by atoms with Crippen molar-refractivity contribution in [1.29, 1.82) is 0 Å². The first kappa shape index (κ1) is 13.1. The lowest BCUT2D eigenvalue weighted by Gasteiger charge is -2.19. The van der Waals surface area contributed by atoms with Crippen molar-refractivity contribution in [3.63, 3.8) is 0 Å². The van der Waals surface area contributed by atoms with Gasteiger partial charge >= 0.3 is 0 Å². The predicted octanol–water partition coefficient (Wildman–Crippen LogP) is 1.65. The Bertz CT molecular complexity index is 579. The van der Waals surface area contributed by atoms with Crippen molar-refractivity contribution in [2.45, 2.75) is 18.8 Å². The standard InChI is InChI=1S/C13H15N5OS/c19-11(10-3-1-2-6-15-10)16-13-18-17-12(20-13)9-4-7-14-8-5-9/h1-3,6,9,14H,4-5,7-8H2,(H,16,18,19). The summed E-state index contributed by atoms with van der Waals surface area (Å²) in [7, 11) is 0. The fraction of sp³-hybridized carbons (Fsp3) is 0.385. The van der Waals surface area contributed by atoms with Crippen molar-refractivity contribution < 1.29 is 4.79 Å². The molecule has 1 amide bonds. The summed E-state index contributed by atoms with van der Waals surface area (Å²) in [6.45, 7) is 2.03. The molecular formula is C13H15N5OS. The third-order valence-corrected chi connectivity index (χ3v) is 4.25. The Morgan fingerprint density at radius 2 is 2.15 bits per heavy atom. The van der Waals surface area contributed by atoms with Crippen LogP contribution in [-0.4, -0.2) is 34.2 Å².